The number of amides is 3. The molecule has 0 bridgehead atoms. The van der Waals surface area contributed by atoms with E-state index in [4.69, 9.17) is 9.26 Å². The molecular weight excluding hydrogens is 502 g/mol. The fourth-order valence-electron chi connectivity index (χ4n) is 3.96. The Hall–Kier alpha value is -3.32. The number of rotatable bonds is 11. The number of ketones is 1. The SMILES string of the molecule is CCC(NC(=O)C(CS(=O)(=O)CC1CC1)NC(=O)N1CCOCC1)C(=O)c1noc(-c2ccccc2)n1. The smallest absolute Gasteiger partial charge is 0.318 e. The van der Waals surface area contributed by atoms with Gasteiger partial charge in [-0.3, -0.25) is 9.59 Å². The highest BCUT2D eigenvalue weighted by Crippen LogP contribution is 2.30. The average Bonchev–Trinajstić information content (AvgIpc) is 3.56. The van der Waals surface area contributed by atoms with Crippen LogP contribution in [0.1, 0.15) is 36.8 Å². The van der Waals surface area contributed by atoms with E-state index in [1.807, 2.05) is 6.07 Å². The lowest BCUT2D eigenvalue weighted by molar-refractivity contribution is -0.123. The summed E-state index contributed by atoms with van der Waals surface area (Å²) in [5, 5.41) is 8.88. The Bertz CT molecular complexity index is 1210. The number of benzene rings is 1. The van der Waals surface area contributed by atoms with Crippen LogP contribution in [-0.2, 0) is 19.4 Å². The van der Waals surface area contributed by atoms with E-state index in [1.165, 1.54) is 4.90 Å². The van der Waals surface area contributed by atoms with Crippen LogP contribution < -0.4 is 10.6 Å². The molecule has 4 rings (SSSR count). The fraction of sp³-hybridized carbons (Fsp3) is 0.542. The van der Waals surface area contributed by atoms with Gasteiger partial charge in [-0.15, -0.1) is 0 Å². The van der Waals surface area contributed by atoms with Crippen LogP contribution in [0.25, 0.3) is 11.5 Å². The van der Waals surface area contributed by atoms with E-state index < -0.39 is 45.4 Å². The largest absolute Gasteiger partial charge is 0.378 e. The molecule has 12 nitrogen and oxygen atoms in total. The summed E-state index contributed by atoms with van der Waals surface area (Å²) in [6.07, 6.45) is 1.86. The number of hydrogen-bond donors (Lipinski definition) is 2. The van der Waals surface area contributed by atoms with Crippen LogP contribution in [0.15, 0.2) is 34.9 Å². The maximum absolute atomic E-state index is 13.2. The van der Waals surface area contributed by atoms with Crippen LogP contribution in [0.4, 0.5) is 4.79 Å². The zero-order chi connectivity index (χ0) is 26.4. The maximum Gasteiger partial charge on any atom is 0.318 e. The van der Waals surface area contributed by atoms with Crippen molar-refractivity contribution in [3.05, 3.63) is 36.2 Å². The minimum absolute atomic E-state index is 0.0362. The summed E-state index contributed by atoms with van der Waals surface area (Å²) >= 11 is 0. The van der Waals surface area contributed by atoms with Crippen molar-refractivity contribution in [3.8, 4) is 11.5 Å². The van der Waals surface area contributed by atoms with Gasteiger partial charge in [0, 0.05) is 18.7 Å². The molecular formula is C24H31N5O7S. The molecule has 2 aromatic rings. The number of morpholine rings is 1. The molecule has 200 valence electrons. The second kappa shape index (κ2) is 11.8. The van der Waals surface area contributed by atoms with Crippen molar-refractivity contribution in [1.29, 1.82) is 0 Å². The number of carbonyl (C=O) groups is 3. The van der Waals surface area contributed by atoms with Gasteiger partial charge in [0.05, 0.1) is 30.8 Å². The first-order valence-electron chi connectivity index (χ1n) is 12.3. The van der Waals surface area contributed by atoms with Gasteiger partial charge in [0.15, 0.2) is 9.84 Å². The molecule has 3 amide bonds. The number of sulfone groups is 1. The van der Waals surface area contributed by atoms with Crippen molar-refractivity contribution in [2.75, 3.05) is 37.8 Å². The Morgan fingerprint density at radius 2 is 1.78 bits per heavy atom. The van der Waals surface area contributed by atoms with Crippen LogP contribution in [-0.4, -0.2) is 91.1 Å². The van der Waals surface area contributed by atoms with Crippen molar-refractivity contribution in [1.82, 2.24) is 25.7 Å². The molecule has 0 spiro atoms. The minimum atomic E-state index is -3.62. The monoisotopic (exact) mass is 533 g/mol. The number of Topliss-reactive ketones (excluding diaryl/α,β-unsaturated/α-hetero) is 1. The molecule has 2 unspecified atom stereocenters. The van der Waals surface area contributed by atoms with Gasteiger partial charge < -0.3 is 24.8 Å². The zero-order valence-corrected chi connectivity index (χ0v) is 21.4. The molecule has 2 atom stereocenters. The van der Waals surface area contributed by atoms with Crippen LogP contribution in [0.2, 0.25) is 0 Å². The quantitative estimate of drug-likeness (QED) is 0.402. The lowest BCUT2D eigenvalue weighted by Gasteiger charge is -2.29. The standard InChI is InChI=1S/C24H31N5O7S/c1-2-18(20(30)21-27-23(36-28-21)17-6-4-3-5-7-17)25-22(31)19(15-37(33,34)14-16-8-9-16)26-24(32)29-10-12-35-13-11-29/h3-7,16,18-19H,2,8-15H2,1H3,(H,25,31)(H,26,32). The molecule has 1 aliphatic heterocycles. The minimum Gasteiger partial charge on any atom is -0.378 e. The second-order valence-electron chi connectivity index (χ2n) is 9.24. The van der Waals surface area contributed by atoms with Gasteiger partial charge in [-0.25, -0.2) is 13.2 Å². The molecule has 2 fully saturated rings. The molecule has 1 saturated carbocycles. The predicted molar refractivity (Wildman–Crippen MR) is 132 cm³/mol. The highest BCUT2D eigenvalue weighted by Gasteiger charge is 2.35. The van der Waals surface area contributed by atoms with Gasteiger partial charge in [-0.1, -0.05) is 30.3 Å². The molecule has 13 heteroatoms. The van der Waals surface area contributed by atoms with Gasteiger partial charge in [0.1, 0.15) is 6.04 Å². The summed E-state index contributed by atoms with van der Waals surface area (Å²) in [7, 11) is -3.62. The molecule has 1 saturated heterocycles. The highest BCUT2D eigenvalue weighted by molar-refractivity contribution is 7.91. The fourth-order valence-corrected chi connectivity index (χ4v) is 5.89. The number of nitrogens with zero attached hydrogens (tertiary/aromatic N) is 3. The maximum atomic E-state index is 13.2. The Kier molecular flexibility index (Phi) is 8.54. The zero-order valence-electron chi connectivity index (χ0n) is 20.6. The van der Waals surface area contributed by atoms with Gasteiger partial charge in [-0.05, 0) is 37.3 Å². The lowest BCUT2D eigenvalue weighted by atomic mass is 10.1. The van der Waals surface area contributed by atoms with Crippen molar-refractivity contribution in [2.45, 2.75) is 38.3 Å². The first-order chi connectivity index (χ1) is 17.8. The average molecular weight is 534 g/mol. The van der Waals surface area contributed by atoms with Crippen LogP contribution in [0.3, 0.4) is 0 Å². The van der Waals surface area contributed by atoms with Crippen molar-refractivity contribution in [3.63, 3.8) is 0 Å². The summed E-state index contributed by atoms with van der Waals surface area (Å²) in [5.41, 5.74) is 0.637. The van der Waals surface area contributed by atoms with Gasteiger partial charge >= 0.3 is 6.03 Å². The van der Waals surface area contributed by atoms with E-state index in [1.54, 1.807) is 31.2 Å². The summed E-state index contributed by atoms with van der Waals surface area (Å²) in [5.74, 6) is -1.91. The second-order valence-corrected chi connectivity index (χ2v) is 11.4. The predicted octanol–water partition coefficient (Wildman–Crippen LogP) is 1.05. The summed E-state index contributed by atoms with van der Waals surface area (Å²) < 4.78 is 35.9. The van der Waals surface area contributed by atoms with Crippen molar-refractivity contribution < 1.29 is 32.1 Å². The third-order valence-corrected chi connectivity index (χ3v) is 8.05. The van der Waals surface area contributed by atoms with E-state index in [2.05, 4.69) is 20.8 Å². The van der Waals surface area contributed by atoms with Crippen LogP contribution in [0, 0.1) is 5.92 Å². The first kappa shape index (κ1) is 26.7. The Labute approximate surface area is 215 Å². The molecule has 1 aliphatic carbocycles. The first-order valence-corrected chi connectivity index (χ1v) is 14.1. The normalized spacial score (nSPS) is 17.6. The Morgan fingerprint density at radius 3 is 2.43 bits per heavy atom. The number of nitrogens with one attached hydrogen (secondary N) is 2. The molecule has 2 aliphatic rings. The number of aromatic nitrogens is 2. The van der Waals surface area contributed by atoms with E-state index >= 15 is 0 Å². The number of urea groups is 1. The van der Waals surface area contributed by atoms with Gasteiger partial charge in [-0.2, -0.15) is 4.98 Å². The van der Waals surface area contributed by atoms with Crippen molar-refractivity contribution in [2.24, 2.45) is 5.92 Å². The van der Waals surface area contributed by atoms with Crippen LogP contribution in [0.5, 0.6) is 0 Å². The summed E-state index contributed by atoms with van der Waals surface area (Å²) in [6.45, 7) is 3.05. The molecule has 0 radical (unpaired) electrons. The molecule has 2 heterocycles. The topological polar surface area (TPSA) is 161 Å². The van der Waals surface area contributed by atoms with Gasteiger partial charge in [0.2, 0.25) is 17.5 Å². The number of ether oxygens (including phenoxy) is 1. The lowest BCUT2D eigenvalue weighted by Crippen LogP contribution is -2.57. The third kappa shape index (κ3) is 7.35. The number of hydrogen-bond acceptors (Lipinski definition) is 9. The number of carbonyl (C=O) groups excluding carboxylic acids is 3. The van der Waals surface area contributed by atoms with E-state index in [-0.39, 0.29) is 29.8 Å². The van der Waals surface area contributed by atoms with E-state index in [9.17, 15) is 22.8 Å². The van der Waals surface area contributed by atoms with Crippen LogP contribution >= 0.6 is 0 Å². The summed E-state index contributed by atoms with van der Waals surface area (Å²) in [6, 6.07) is 5.95. The third-order valence-electron chi connectivity index (χ3n) is 6.23. The molecule has 1 aromatic carbocycles. The molecule has 1 aromatic heterocycles. The highest BCUT2D eigenvalue weighted by atomic mass is 32.2. The summed E-state index contributed by atoms with van der Waals surface area (Å²) in [4.78, 5) is 44.7. The van der Waals surface area contributed by atoms with E-state index in [0.29, 0.717) is 31.9 Å². The Morgan fingerprint density at radius 1 is 1.08 bits per heavy atom. The van der Waals surface area contributed by atoms with Crippen molar-refractivity contribution >= 4 is 27.6 Å². The Balaban J connectivity index is 1.46. The molecule has 37 heavy (non-hydrogen) atoms. The molecule has 2 N–H and O–H groups in total. The van der Waals surface area contributed by atoms with E-state index in [0.717, 1.165) is 12.8 Å². The van der Waals surface area contributed by atoms with Gasteiger partial charge in [0.25, 0.3) is 5.89 Å².